The third-order valence-corrected chi connectivity index (χ3v) is 5.61. The van der Waals surface area contributed by atoms with Crippen LogP contribution >= 0.6 is 23.2 Å². The fourth-order valence-electron chi connectivity index (χ4n) is 3.57. The molecule has 0 bridgehead atoms. The van der Waals surface area contributed by atoms with Crippen LogP contribution in [0.4, 0.5) is 0 Å². The number of nitrogens with one attached hydrogen (secondary N) is 1. The molecule has 1 aliphatic rings. The average molecular weight is 438 g/mol. The van der Waals surface area contributed by atoms with Crippen LogP contribution in [0.1, 0.15) is 33.1 Å². The van der Waals surface area contributed by atoms with Crippen molar-refractivity contribution < 1.29 is 14.7 Å². The molecule has 3 aromatic rings. The van der Waals surface area contributed by atoms with Gasteiger partial charge < -0.3 is 10.4 Å². The summed E-state index contributed by atoms with van der Waals surface area (Å²) >= 11 is 12.5. The van der Waals surface area contributed by atoms with Crippen LogP contribution in [0.3, 0.4) is 0 Å². The highest BCUT2D eigenvalue weighted by atomic mass is 35.5. The summed E-state index contributed by atoms with van der Waals surface area (Å²) in [7, 11) is 0. The predicted octanol–water partition coefficient (Wildman–Crippen LogP) is 5.56. The van der Waals surface area contributed by atoms with Crippen molar-refractivity contribution in [1.82, 2.24) is 5.32 Å². The number of rotatable bonds is 5. The highest BCUT2D eigenvalue weighted by Crippen LogP contribution is 2.38. The molecule has 0 heterocycles. The maximum Gasteiger partial charge on any atom is 0.235 e. The zero-order valence-corrected chi connectivity index (χ0v) is 17.2. The topological polar surface area (TPSA) is 66.4 Å². The molecule has 150 valence electrons. The van der Waals surface area contributed by atoms with E-state index in [-0.39, 0.29) is 16.9 Å². The van der Waals surface area contributed by atoms with Gasteiger partial charge >= 0.3 is 0 Å². The summed E-state index contributed by atoms with van der Waals surface area (Å²) < 4.78 is 0. The van der Waals surface area contributed by atoms with E-state index in [1.165, 1.54) is 6.07 Å². The minimum Gasteiger partial charge on any atom is -0.507 e. The second-order valence-corrected chi connectivity index (χ2v) is 7.78. The zero-order chi connectivity index (χ0) is 21.3. The van der Waals surface area contributed by atoms with Crippen molar-refractivity contribution in [2.45, 2.75) is 12.6 Å². The normalized spacial score (nSPS) is 14.6. The summed E-state index contributed by atoms with van der Waals surface area (Å²) in [6.07, 6.45) is 0. The van der Waals surface area contributed by atoms with Gasteiger partial charge in [-0.05, 0) is 23.3 Å². The molecule has 2 N–H and O–H groups in total. The first-order valence-corrected chi connectivity index (χ1v) is 10.1. The van der Waals surface area contributed by atoms with E-state index in [0.717, 1.165) is 5.56 Å². The standard InChI is InChI=1S/C24H17Cl2NO3/c25-15-10-11-18(19(26)12-15)21(27-13-14-6-2-1-3-7-14)20-22(28)16-8-4-5-9-17(16)23(29)24(20)30/h1-12,21,27-28H,13H2. The SMILES string of the molecule is O=C1C(=O)c2ccccc2C(O)=C1C(NCc1ccccc1)c1ccc(Cl)cc1Cl. The van der Waals surface area contributed by atoms with Crippen molar-refractivity contribution in [3.63, 3.8) is 0 Å². The number of benzene rings is 3. The molecule has 30 heavy (non-hydrogen) atoms. The largest absolute Gasteiger partial charge is 0.507 e. The first kappa shape index (κ1) is 20.4. The van der Waals surface area contributed by atoms with Crippen molar-refractivity contribution >= 4 is 40.5 Å². The first-order valence-electron chi connectivity index (χ1n) is 9.31. The maximum atomic E-state index is 13.0. The number of carbonyl (C=O) groups excluding carboxylic acids is 2. The van der Waals surface area contributed by atoms with Crippen LogP contribution in [0.25, 0.3) is 5.76 Å². The van der Waals surface area contributed by atoms with E-state index < -0.39 is 17.6 Å². The van der Waals surface area contributed by atoms with Gasteiger partial charge in [-0.2, -0.15) is 0 Å². The molecule has 0 saturated carbocycles. The number of fused-ring (bicyclic) bond motifs is 1. The van der Waals surface area contributed by atoms with Gasteiger partial charge in [0, 0.05) is 27.7 Å². The van der Waals surface area contributed by atoms with E-state index in [2.05, 4.69) is 5.32 Å². The lowest BCUT2D eigenvalue weighted by Gasteiger charge is -2.26. The number of Topliss-reactive ketones (excluding diaryl/α,β-unsaturated/α-hetero) is 2. The number of hydrogen-bond donors (Lipinski definition) is 2. The van der Waals surface area contributed by atoms with Gasteiger partial charge in [0.15, 0.2) is 0 Å². The Labute approximate surface area is 183 Å². The minimum atomic E-state index is -0.806. The van der Waals surface area contributed by atoms with Gasteiger partial charge in [-0.15, -0.1) is 0 Å². The highest BCUT2D eigenvalue weighted by Gasteiger charge is 2.37. The van der Waals surface area contributed by atoms with Crippen molar-refractivity contribution in [2.75, 3.05) is 0 Å². The van der Waals surface area contributed by atoms with Crippen LogP contribution in [-0.2, 0) is 11.3 Å². The quantitative estimate of drug-likeness (QED) is 0.512. The van der Waals surface area contributed by atoms with Crippen molar-refractivity contribution in [2.24, 2.45) is 0 Å². The lowest BCUT2D eigenvalue weighted by atomic mass is 9.83. The molecule has 0 aromatic heterocycles. The molecule has 0 aliphatic heterocycles. The molecule has 0 saturated heterocycles. The number of ketones is 2. The molecule has 6 heteroatoms. The van der Waals surface area contributed by atoms with E-state index in [0.29, 0.717) is 27.7 Å². The van der Waals surface area contributed by atoms with E-state index in [4.69, 9.17) is 23.2 Å². The van der Waals surface area contributed by atoms with Gasteiger partial charge in [-0.1, -0.05) is 83.9 Å². The van der Waals surface area contributed by atoms with Gasteiger partial charge in [0.25, 0.3) is 0 Å². The third kappa shape index (κ3) is 3.77. The Morgan fingerprint density at radius 3 is 2.20 bits per heavy atom. The monoisotopic (exact) mass is 437 g/mol. The summed E-state index contributed by atoms with van der Waals surface area (Å²) in [6.45, 7) is 0.393. The maximum absolute atomic E-state index is 13.0. The Morgan fingerprint density at radius 1 is 0.833 bits per heavy atom. The van der Waals surface area contributed by atoms with Gasteiger partial charge in [0.05, 0.1) is 11.6 Å². The number of aliphatic hydroxyl groups is 1. The molecule has 0 spiro atoms. The summed E-state index contributed by atoms with van der Waals surface area (Å²) in [6, 6.07) is 20.2. The molecular weight excluding hydrogens is 421 g/mol. The lowest BCUT2D eigenvalue weighted by Crippen LogP contribution is -2.33. The average Bonchev–Trinajstić information content (AvgIpc) is 2.76. The molecule has 0 radical (unpaired) electrons. The van der Waals surface area contributed by atoms with E-state index in [9.17, 15) is 14.7 Å². The Kier molecular flexibility index (Phi) is 5.73. The van der Waals surface area contributed by atoms with E-state index in [1.807, 2.05) is 30.3 Å². The van der Waals surface area contributed by atoms with Gasteiger partial charge in [-0.25, -0.2) is 0 Å². The Hall–Kier alpha value is -2.92. The summed E-state index contributed by atoms with van der Waals surface area (Å²) in [4.78, 5) is 25.8. The molecule has 4 nitrogen and oxygen atoms in total. The van der Waals surface area contributed by atoms with Crippen LogP contribution in [0, 0.1) is 0 Å². The van der Waals surface area contributed by atoms with Crippen molar-refractivity contribution in [3.8, 4) is 0 Å². The second-order valence-electron chi connectivity index (χ2n) is 6.93. The van der Waals surface area contributed by atoms with Crippen molar-refractivity contribution in [3.05, 3.63) is 111 Å². The van der Waals surface area contributed by atoms with Gasteiger partial charge in [-0.3, -0.25) is 9.59 Å². The molecular formula is C24H17Cl2NO3. The fraction of sp³-hybridized carbons (Fsp3) is 0.0833. The molecule has 0 amide bonds. The number of aliphatic hydroxyl groups excluding tert-OH is 1. The highest BCUT2D eigenvalue weighted by molar-refractivity contribution is 6.52. The predicted molar refractivity (Wildman–Crippen MR) is 118 cm³/mol. The van der Waals surface area contributed by atoms with E-state index in [1.54, 1.807) is 36.4 Å². The Morgan fingerprint density at radius 2 is 1.50 bits per heavy atom. The number of halogens is 2. The second kappa shape index (κ2) is 8.44. The Balaban J connectivity index is 1.84. The van der Waals surface area contributed by atoms with Gasteiger partial charge in [0.2, 0.25) is 11.6 Å². The zero-order valence-electron chi connectivity index (χ0n) is 15.7. The van der Waals surface area contributed by atoms with Crippen LogP contribution in [0.2, 0.25) is 10.0 Å². The molecule has 1 aliphatic carbocycles. The first-order chi connectivity index (χ1) is 14.5. The number of carbonyl (C=O) groups is 2. The molecule has 3 aromatic carbocycles. The molecule has 1 unspecified atom stereocenters. The summed E-state index contributed by atoms with van der Waals surface area (Å²) in [5.41, 5.74) is 2.00. The minimum absolute atomic E-state index is 0.0288. The molecule has 4 rings (SSSR count). The summed E-state index contributed by atoms with van der Waals surface area (Å²) in [5.74, 6) is -1.65. The Bertz CT molecular complexity index is 1170. The smallest absolute Gasteiger partial charge is 0.235 e. The third-order valence-electron chi connectivity index (χ3n) is 5.05. The summed E-state index contributed by atoms with van der Waals surface area (Å²) in [5, 5.41) is 15.0. The van der Waals surface area contributed by atoms with Crippen LogP contribution in [-0.4, -0.2) is 16.7 Å². The van der Waals surface area contributed by atoms with Crippen LogP contribution in [0.15, 0.2) is 78.4 Å². The molecule has 0 fully saturated rings. The molecule has 1 atom stereocenters. The van der Waals surface area contributed by atoms with Crippen LogP contribution in [0.5, 0.6) is 0 Å². The number of hydrogen-bond acceptors (Lipinski definition) is 4. The lowest BCUT2D eigenvalue weighted by molar-refractivity contribution is -0.112. The van der Waals surface area contributed by atoms with Crippen LogP contribution < -0.4 is 5.32 Å². The van der Waals surface area contributed by atoms with E-state index >= 15 is 0 Å². The fourth-order valence-corrected chi connectivity index (χ4v) is 4.09. The van der Waals surface area contributed by atoms with Gasteiger partial charge in [0.1, 0.15) is 5.76 Å². The van der Waals surface area contributed by atoms with Crippen molar-refractivity contribution in [1.29, 1.82) is 0 Å².